The van der Waals surface area contributed by atoms with E-state index in [1.807, 2.05) is 13.8 Å². The van der Waals surface area contributed by atoms with Crippen molar-refractivity contribution in [1.82, 2.24) is 5.32 Å². The van der Waals surface area contributed by atoms with Crippen LogP contribution in [0, 0.1) is 16.0 Å². The van der Waals surface area contributed by atoms with E-state index in [1.54, 1.807) is 6.07 Å². The smallest absolute Gasteiger partial charge is 0.273 e. The monoisotopic (exact) mass is 252 g/mol. The van der Waals surface area contributed by atoms with Crippen LogP contribution in [-0.4, -0.2) is 24.0 Å². The van der Waals surface area contributed by atoms with Crippen molar-refractivity contribution < 1.29 is 14.5 Å². The standard InChI is InChI=1S/C12H16N2O4/c1-9(2)7-13-12(15)8-18-11-5-3-4-10(6-11)14(16)17/h3-6,9H,7-8H2,1-2H3,(H,13,15). The molecule has 1 aromatic carbocycles. The Morgan fingerprint density at radius 1 is 1.50 bits per heavy atom. The van der Waals surface area contributed by atoms with Gasteiger partial charge in [-0.25, -0.2) is 0 Å². The fraction of sp³-hybridized carbons (Fsp3) is 0.417. The van der Waals surface area contributed by atoms with E-state index in [2.05, 4.69) is 5.32 Å². The Labute approximate surface area is 105 Å². The molecule has 0 aliphatic carbocycles. The molecule has 1 N–H and O–H groups in total. The van der Waals surface area contributed by atoms with Crippen LogP contribution in [0.2, 0.25) is 0 Å². The first-order valence-corrected chi connectivity index (χ1v) is 5.63. The van der Waals surface area contributed by atoms with E-state index in [4.69, 9.17) is 4.74 Å². The SMILES string of the molecule is CC(C)CNC(=O)COc1cccc([N+](=O)[O-])c1. The highest BCUT2D eigenvalue weighted by atomic mass is 16.6. The van der Waals surface area contributed by atoms with Crippen LogP contribution in [0.5, 0.6) is 5.75 Å². The fourth-order valence-corrected chi connectivity index (χ4v) is 1.20. The highest BCUT2D eigenvalue weighted by molar-refractivity contribution is 5.77. The molecule has 6 heteroatoms. The average molecular weight is 252 g/mol. The fourth-order valence-electron chi connectivity index (χ4n) is 1.20. The van der Waals surface area contributed by atoms with Crippen molar-refractivity contribution in [2.24, 2.45) is 5.92 Å². The van der Waals surface area contributed by atoms with E-state index in [0.717, 1.165) is 0 Å². The molecule has 98 valence electrons. The van der Waals surface area contributed by atoms with Gasteiger partial charge in [-0.2, -0.15) is 0 Å². The summed E-state index contributed by atoms with van der Waals surface area (Å²) in [6.07, 6.45) is 0. The van der Waals surface area contributed by atoms with Gasteiger partial charge in [-0.05, 0) is 12.0 Å². The molecule has 0 heterocycles. The minimum Gasteiger partial charge on any atom is -0.484 e. The summed E-state index contributed by atoms with van der Waals surface area (Å²) in [5, 5.41) is 13.2. The number of rotatable bonds is 6. The number of nitrogens with zero attached hydrogens (tertiary/aromatic N) is 1. The molecule has 0 aromatic heterocycles. The Balaban J connectivity index is 2.46. The Morgan fingerprint density at radius 2 is 2.22 bits per heavy atom. The maximum absolute atomic E-state index is 11.4. The third-order valence-electron chi connectivity index (χ3n) is 2.11. The first-order chi connectivity index (χ1) is 8.49. The molecule has 0 unspecified atom stereocenters. The van der Waals surface area contributed by atoms with Gasteiger partial charge in [-0.15, -0.1) is 0 Å². The zero-order valence-corrected chi connectivity index (χ0v) is 10.4. The highest BCUT2D eigenvalue weighted by Gasteiger charge is 2.08. The number of carbonyl (C=O) groups is 1. The normalized spacial score (nSPS) is 10.2. The molecule has 0 spiro atoms. The molecule has 0 radical (unpaired) electrons. The number of carbonyl (C=O) groups excluding carboxylic acids is 1. The second-order valence-electron chi connectivity index (χ2n) is 4.24. The molecule has 0 saturated carbocycles. The van der Waals surface area contributed by atoms with Gasteiger partial charge >= 0.3 is 0 Å². The third kappa shape index (κ3) is 4.82. The lowest BCUT2D eigenvalue weighted by atomic mass is 10.2. The summed E-state index contributed by atoms with van der Waals surface area (Å²) >= 11 is 0. The summed E-state index contributed by atoms with van der Waals surface area (Å²) < 4.78 is 5.17. The maximum atomic E-state index is 11.4. The van der Waals surface area contributed by atoms with Crippen molar-refractivity contribution in [3.05, 3.63) is 34.4 Å². The predicted octanol–water partition coefficient (Wildman–Crippen LogP) is 1.75. The molecule has 0 atom stereocenters. The average Bonchev–Trinajstić information content (AvgIpc) is 2.34. The summed E-state index contributed by atoms with van der Waals surface area (Å²) in [5.74, 6) is 0.436. The lowest BCUT2D eigenvalue weighted by Gasteiger charge is -2.08. The Morgan fingerprint density at radius 3 is 2.83 bits per heavy atom. The predicted molar refractivity (Wildman–Crippen MR) is 66.4 cm³/mol. The van der Waals surface area contributed by atoms with Crippen LogP contribution >= 0.6 is 0 Å². The topological polar surface area (TPSA) is 81.5 Å². The molecular formula is C12H16N2O4. The van der Waals surface area contributed by atoms with Gasteiger partial charge in [0.1, 0.15) is 5.75 Å². The molecule has 0 aliphatic rings. The zero-order valence-electron chi connectivity index (χ0n) is 10.4. The number of nitro benzene ring substituents is 1. The molecule has 1 rings (SSSR count). The summed E-state index contributed by atoms with van der Waals surface area (Å²) in [5.41, 5.74) is -0.0601. The minimum absolute atomic E-state index is 0.0601. The Kier molecular flexibility index (Phi) is 5.10. The largest absolute Gasteiger partial charge is 0.484 e. The second-order valence-corrected chi connectivity index (χ2v) is 4.24. The van der Waals surface area contributed by atoms with Crippen molar-refractivity contribution >= 4 is 11.6 Å². The van der Waals surface area contributed by atoms with Crippen molar-refractivity contribution in [2.75, 3.05) is 13.2 Å². The number of amides is 1. The van der Waals surface area contributed by atoms with Crippen molar-refractivity contribution in [3.63, 3.8) is 0 Å². The van der Waals surface area contributed by atoms with Crippen LogP contribution in [0.1, 0.15) is 13.8 Å². The lowest BCUT2D eigenvalue weighted by molar-refractivity contribution is -0.384. The number of nitrogens with one attached hydrogen (secondary N) is 1. The van der Waals surface area contributed by atoms with Crippen LogP contribution in [0.25, 0.3) is 0 Å². The van der Waals surface area contributed by atoms with Crippen LogP contribution < -0.4 is 10.1 Å². The molecule has 18 heavy (non-hydrogen) atoms. The third-order valence-corrected chi connectivity index (χ3v) is 2.11. The minimum atomic E-state index is -0.508. The molecule has 0 saturated heterocycles. The summed E-state index contributed by atoms with van der Waals surface area (Å²) in [7, 11) is 0. The van der Waals surface area contributed by atoms with Crippen LogP contribution in [0.3, 0.4) is 0 Å². The zero-order chi connectivity index (χ0) is 13.5. The summed E-state index contributed by atoms with van der Waals surface area (Å²) in [6.45, 7) is 4.41. The molecule has 0 bridgehead atoms. The highest BCUT2D eigenvalue weighted by Crippen LogP contribution is 2.18. The van der Waals surface area contributed by atoms with E-state index < -0.39 is 4.92 Å². The Hall–Kier alpha value is -2.11. The van der Waals surface area contributed by atoms with E-state index in [9.17, 15) is 14.9 Å². The van der Waals surface area contributed by atoms with Crippen LogP contribution in [0.4, 0.5) is 5.69 Å². The number of non-ortho nitro benzene ring substituents is 1. The second kappa shape index (κ2) is 6.58. The van der Waals surface area contributed by atoms with E-state index in [0.29, 0.717) is 18.2 Å². The van der Waals surface area contributed by atoms with Gasteiger partial charge in [0.2, 0.25) is 0 Å². The first kappa shape index (κ1) is 14.0. The number of benzene rings is 1. The lowest BCUT2D eigenvalue weighted by Crippen LogP contribution is -2.31. The molecule has 1 aromatic rings. The molecule has 0 aliphatic heterocycles. The van der Waals surface area contributed by atoms with E-state index >= 15 is 0 Å². The van der Waals surface area contributed by atoms with Gasteiger partial charge in [-0.3, -0.25) is 14.9 Å². The van der Waals surface area contributed by atoms with Gasteiger partial charge in [0.15, 0.2) is 6.61 Å². The van der Waals surface area contributed by atoms with Crippen molar-refractivity contribution in [1.29, 1.82) is 0 Å². The quantitative estimate of drug-likeness (QED) is 0.617. The van der Waals surface area contributed by atoms with Gasteiger partial charge in [0, 0.05) is 12.6 Å². The first-order valence-electron chi connectivity index (χ1n) is 5.63. The summed E-state index contributed by atoms with van der Waals surface area (Å²) in [4.78, 5) is 21.4. The number of hydrogen-bond acceptors (Lipinski definition) is 4. The van der Waals surface area contributed by atoms with Gasteiger partial charge < -0.3 is 10.1 Å². The van der Waals surface area contributed by atoms with Crippen LogP contribution in [0.15, 0.2) is 24.3 Å². The van der Waals surface area contributed by atoms with E-state index in [-0.39, 0.29) is 18.2 Å². The van der Waals surface area contributed by atoms with Crippen molar-refractivity contribution in [2.45, 2.75) is 13.8 Å². The maximum Gasteiger partial charge on any atom is 0.273 e. The number of nitro groups is 1. The van der Waals surface area contributed by atoms with Gasteiger partial charge in [-0.1, -0.05) is 19.9 Å². The van der Waals surface area contributed by atoms with E-state index in [1.165, 1.54) is 18.2 Å². The Bertz CT molecular complexity index is 432. The molecule has 6 nitrogen and oxygen atoms in total. The molecule has 1 amide bonds. The molecular weight excluding hydrogens is 236 g/mol. The van der Waals surface area contributed by atoms with Crippen LogP contribution in [-0.2, 0) is 4.79 Å². The number of hydrogen-bond donors (Lipinski definition) is 1. The van der Waals surface area contributed by atoms with Gasteiger partial charge in [0.25, 0.3) is 11.6 Å². The van der Waals surface area contributed by atoms with Crippen molar-refractivity contribution in [3.8, 4) is 5.75 Å². The van der Waals surface area contributed by atoms with Gasteiger partial charge in [0.05, 0.1) is 11.0 Å². The number of ether oxygens (including phenoxy) is 1. The molecule has 0 fully saturated rings. The summed E-state index contributed by atoms with van der Waals surface area (Å²) in [6, 6.07) is 5.74.